The van der Waals surface area contributed by atoms with Gasteiger partial charge in [-0.05, 0) is 18.2 Å². The number of hydrogen-bond acceptors (Lipinski definition) is 2. The highest BCUT2D eigenvalue weighted by Gasteiger charge is 2.13. The molecule has 4 nitrogen and oxygen atoms in total. The fourth-order valence-electron chi connectivity index (χ4n) is 1.95. The van der Waals surface area contributed by atoms with Crippen LogP contribution < -0.4 is 5.32 Å². The van der Waals surface area contributed by atoms with E-state index in [0.29, 0.717) is 11.1 Å². The Bertz CT molecular complexity index is 659. The molecule has 2 aromatic rings. The lowest BCUT2D eigenvalue weighted by Crippen LogP contribution is -2.37. The predicted octanol–water partition coefficient (Wildman–Crippen LogP) is 2.21. The van der Waals surface area contributed by atoms with Crippen molar-refractivity contribution in [2.45, 2.75) is 6.54 Å². The van der Waals surface area contributed by atoms with Crippen LogP contribution in [0.2, 0.25) is 0 Å². The molecule has 0 bridgehead atoms. The molecule has 1 N–H and O–H groups in total. The van der Waals surface area contributed by atoms with E-state index in [4.69, 9.17) is 0 Å². The van der Waals surface area contributed by atoms with Crippen molar-refractivity contribution in [1.29, 1.82) is 0 Å². The lowest BCUT2D eigenvalue weighted by molar-refractivity contribution is -0.129. The number of rotatable bonds is 5. The molecule has 0 fully saturated rings. The van der Waals surface area contributed by atoms with Crippen molar-refractivity contribution in [3.8, 4) is 0 Å². The van der Waals surface area contributed by atoms with Gasteiger partial charge in [-0.25, -0.2) is 4.39 Å². The van der Waals surface area contributed by atoms with Gasteiger partial charge in [0.15, 0.2) is 0 Å². The van der Waals surface area contributed by atoms with E-state index in [1.807, 2.05) is 6.07 Å². The van der Waals surface area contributed by atoms with Crippen molar-refractivity contribution in [1.82, 2.24) is 10.2 Å². The van der Waals surface area contributed by atoms with Crippen LogP contribution in [0.25, 0.3) is 0 Å². The number of nitrogens with one attached hydrogen (secondary N) is 1. The molecule has 114 valence electrons. The first-order valence-electron chi connectivity index (χ1n) is 6.88. The van der Waals surface area contributed by atoms with Crippen LogP contribution in [0.5, 0.6) is 0 Å². The predicted molar refractivity (Wildman–Crippen MR) is 81.6 cm³/mol. The van der Waals surface area contributed by atoms with Crippen molar-refractivity contribution in [3.63, 3.8) is 0 Å². The zero-order chi connectivity index (χ0) is 15.9. The maximum absolute atomic E-state index is 13.5. The molecule has 5 heteroatoms. The Balaban J connectivity index is 1.87. The molecule has 0 saturated carbocycles. The van der Waals surface area contributed by atoms with Gasteiger partial charge in [-0.2, -0.15) is 0 Å². The zero-order valence-corrected chi connectivity index (χ0v) is 12.3. The second-order valence-electron chi connectivity index (χ2n) is 4.89. The van der Waals surface area contributed by atoms with Gasteiger partial charge in [-0.1, -0.05) is 36.4 Å². The van der Waals surface area contributed by atoms with Gasteiger partial charge in [0.25, 0.3) is 5.91 Å². The second kappa shape index (κ2) is 7.36. The summed E-state index contributed by atoms with van der Waals surface area (Å²) in [6, 6.07) is 14.9. The van der Waals surface area contributed by atoms with Gasteiger partial charge in [-0.15, -0.1) is 0 Å². The molecule has 2 rings (SSSR count). The standard InChI is InChI=1S/C17H17FN2O2/c1-20(12-14-9-5-6-10-15(14)18)16(21)11-19-17(22)13-7-3-2-4-8-13/h2-10H,11-12H2,1H3,(H,19,22). The lowest BCUT2D eigenvalue weighted by atomic mass is 10.2. The highest BCUT2D eigenvalue weighted by atomic mass is 19.1. The van der Waals surface area contributed by atoms with Crippen molar-refractivity contribution in [2.75, 3.05) is 13.6 Å². The highest BCUT2D eigenvalue weighted by Crippen LogP contribution is 2.08. The Labute approximate surface area is 128 Å². The molecule has 2 amide bonds. The molecule has 0 atom stereocenters. The molecular formula is C17H17FN2O2. The van der Waals surface area contributed by atoms with Gasteiger partial charge in [0.05, 0.1) is 6.54 Å². The minimum absolute atomic E-state index is 0.126. The first-order valence-corrected chi connectivity index (χ1v) is 6.88. The van der Waals surface area contributed by atoms with E-state index in [0.717, 1.165) is 0 Å². The van der Waals surface area contributed by atoms with Crippen LogP contribution in [-0.2, 0) is 11.3 Å². The molecular weight excluding hydrogens is 283 g/mol. The summed E-state index contributed by atoms with van der Waals surface area (Å²) in [5.74, 6) is -0.948. The number of amides is 2. The SMILES string of the molecule is CN(Cc1ccccc1F)C(=O)CNC(=O)c1ccccc1. The average Bonchev–Trinajstić information content (AvgIpc) is 2.55. The van der Waals surface area contributed by atoms with Crippen LogP contribution in [0.15, 0.2) is 54.6 Å². The van der Waals surface area contributed by atoms with E-state index < -0.39 is 0 Å². The Morgan fingerprint density at radius 2 is 1.68 bits per heavy atom. The molecule has 0 spiro atoms. The summed E-state index contributed by atoms with van der Waals surface area (Å²) in [5.41, 5.74) is 0.930. The first kappa shape index (κ1) is 15.7. The Morgan fingerprint density at radius 3 is 2.36 bits per heavy atom. The van der Waals surface area contributed by atoms with E-state index in [2.05, 4.69) is 5.32 Å². The van der Waals surface area contributed by atoms with Gasteiger partial charge in [0, 0.05) is 24.7 Å². The zero-order valence-electron chi connectivity index (χ0n) is 12.3. The Morgan fingerprint density at radius 1 is 1.05 bits per heavy atom. The minimum Gasteiger partial charge on any atom is -0.343 e. The summed E-state index contributed by atoms with van der Waals surface area (Å²) in [7, 11) is 1.57. The second-order valence-corrected chi connectivity index (χ2v) is 4.89. The summed E-state index contributed by atoms with van der Waals surface area (Å²) in [6.45, 7) is 0.0331. The molecule has 22 heavy (non-hydrogen) atoms. The third-order valence-electron chi connectivity index (χ3n) is 3.23. The smallest absolute Gasteiger partial charge is 0.251 e. The molecule has 2 aromatic carbocycles. The maximum atomic E-state index is 13.5. The van der Waals surface area contributed by atoms with E-state index in [1.165, 1.54) is 11.0 Å². The quantitative estimate of drug-likeness (QED) is 0.920. The normalized spacial score (nSPS) is 10.1. The fourth-order valence-corrected chi connectivity index (χ4v) is 1.95. The fraction of sp³-hybridized carbons (Fsp3) is 0.176. The van der Waals surface area contributed by atoms with Crippen LogP contribution in [-0.4, -0.2) is 30.3 Å². The van der Waals surface area contributed by atoms with Gasteiger partial charge in [0.1, 0.15) is 5.82 Å². The number of halogens is 1. The summed E-state index contributed by atoms with van der Waals surface area (Å²) in [6.07, 6.45) is 0. The molecule has 0 heterocycles. The minimum atomic E-state index is -0.351. The molecule has 0 radical (unpaired) electrons. The van der Waals surface area contributed by atoms with Gasteiger partial charge >= 0.3 is 0 Å². The number of carbonyl (C=O) groups is 2. The Hall–Kier alpha value is -2.69. The topological polar surface area (TPSA) is 49.4 Å². The van der Waals surface area contributed by atoms with E-state index in [1.54, 1.807) is 49.5 Å². The van der Waals surface area contributed by atoms with E-state index in [9.17, 15) is 14.0 Å². The highest BCUT2D eigenvalue weighted by molar-refractivity contribution is 5.96. The molecule has 0 aliphatic rings. The van der Waals surface area contributed by atoms with Gasteiger partial charge < -0.3 is 10.2 Å². The monoisotopic (exact) mass is 300 g/mol. The van der Waals surface area contributed by atoms with Gasteiger partial charge in [-0.3, -0.25) is 9.59 Å². The summed E-state index contributed by atoms with van der Waals surface area (Å²) < 4.78 is 13.5. The lowest BCUT2D eigenvalue weighted by Gasteiger charge is -2.18. The van der Waals surface area contributed by atoms with E-state index >= 15 is 0 Å². The van der Waals surface area contributed by atoms with Crippen LogP contribution in [0.4, 0.5) is 4.39 Å². The summed E-state index contributed by atoms with van der Waals surface area (Å²) in [4.78, 5) is 25.2. The van der Waals surface area contributed by atoms with Crippen LogP contribution in [0.3, 0.4) is 0 Å². The van der Waals surface area contributed by atoms with Gasteiger partial charge in [0.2, 0.25) is 5.91 Å². The van der Waals surface area contributed by atoms with Crippen LogP contribution >= 0.6 is 0 Å². The maximum Gasteiger partial charge on any atom is 0.251 e. The average molecular weight is 300 g/mol. The van der Waals surface area contributed by atoms with E-state index in [-0.39, 0.29) is 30.7 Å². The third-order valence-corrected chi connectivity index (χ3v) is 3.23. The molecule has 0 aromatic heterocycles. The third kappa shape index (κ3) is 4.15. The molecule has 0 saturated heterocycles. The largest absolute Gasteiger partial charge is 0.343 e. The van der Waals surface area contributed by atoms with Crippen molar-refractivity contribution in [3.05, 3.63) is 71.5 Å². The Kier molecular flexibility index (Phi) is 5.25. The van der Waals surface area contributed by atoms with Crippen molar-refractivity contribution < 1.29 is 14.0 Å². The summed E-state index contributed by atoms with van der Waals surface area (Å²) in [5, 5.41) is 2.56. The number of likely N-dealkylation sites (N-methyl/N-ethyl adjacent to an activating group) is 1. The molecule has 0 aliphatic carbocycles. The number of hydrogen-bond donors (Lipinski definition) is 1. The summed E-state index contributed by atoms with van der Waals surface area (Å²) >= 11 is 0. The number of nitrogens with zero attached hydrogens (tertiary/aromatic N) is 1. The number of carbonyl (C=O) groups excluding carboxylic acids is 2. The van der Waals surface area contributed by atoms with Crippen LogP contribution in [0, 0.1) is 5.82 Å². The number of benzene rings is 2. The van der Waals surface area contributed by atoms with Crippen molar-refractivity contribution in [2.24, 2.45) is 0 Å². The van der Waals surface area contributed by atoms with Crippen molar-refractivity contribution >= 4 is 11.8 Å². The first-order chi connectivity index (χ1) is 10.6. The molecule has 0 unspecified atom stereocenters. The van der Waals surface area contributed by atoms with Crippen LogP contribution in [0.1, 0.15) is 15.9 Å². The molecule has 0 aliphatic heterocycles.